The molecule has 0 fully saturated rings. The van der Waals surface area contributed by atoms with Crippen molar-refractivity contribution in [3.05, 3.63) is 0 Å². The molecule has 0 aromatic heterocycles. The number of unbranched alkanes of at least 4 members (excludes halogenated alkanes) is 16. The molecular formula is C25H50N2. The van der Waals surface area contributed by atoms with Crippen molar-refractivity contribution in [2.24, 2.45) is 4.99 Å². The molecule has 27 heavy (non-hydrogen) atoms. The summed E-state index contributed by atoms with van der Waals surface area (Å²) in [7, 11) is 0. The van der Waals surface area contributed by atoms with E-state index >= 15 is 0 Å². The van der Waals surface area contributed by atoms with E-state index in [1.165, 1.54) is 134 Å². The Morgan fingerprint density at radius 1 is 0.630 bits per heavy atom. The quantitative estimate of drug-likeness (QED) is 0.212. The van der Waals surface area contributed by atoms with Gasteiger partial charge in [0.05, 0.1) is 12.4 Å². The fraction of sp³-hybridized carbons (Fsp3) is 0.960. The summed E-state index contributed by atoms with van der Waals surface area (Å²) >= 11 is 0. The summed E-state index contributed by atoms with van der Waals surface area (Å²) in [6.07, 6.45) is 28.0. The average molecular weight is 379 g/mol. The summed E-state index contributed by atoms with van der Waals surface area (Å²) in [5.74, 6) is 1.30. The van der Waals surface area contributed by atoms with Crippen molar-refractivity contribution in [3.63, 3.8) is 0 Å². The zero-order valence-corrected chi connectivity index (χ0v) is 18.9. The van der Waals surface area contributed by atoms with Crippen LogP contribution in [0.25, 0.3) is 0 Å². The minimum absolute atomic E-state index is 0.642. The highest BCUT2D eigenvalue weighted by atomic mass is 15.1. The molecule has 2 nitrogen and oxygen atoms in total. The van der Waals surface area contributed by atoms with Crippen LogP contribution in [-0.2, 0) is 0 Å². The van der Waals surface area contributed by atoms with Crippen LogP contribution in [0.2, 0.25) is 0 Å². The van der Waals surface area contributed by atoms with Gasteiger partial charge in [-0.3, -0.25) is 4.99 Å². The van der Waals surface area contributed by atoms with E-state index in [1.807, 2.05) is 0 Å². The summed E-state index contributed by atoms with van der Waals surface area (Å²) in [6, 6.07) is 0.642. The number of hydrogen-bond donors (Lipinski definition) is 1. The molecule has 0 aromatic rings. The van der Waals surface area contributed by atoms with Crippen LogP contribution >= 0.6 is 0 Å². The lowest BCUT2D eigenvalue weighted by atomic mass is 10.0. The minimum Gasteiger partial charge on any atom is -0.369 e. The van der Waals surface area contributed by atoms with Crippen LogP contribution in [0.4, 0.5) is 0 Å². The fourth-order valence-corrected chi connectivity index (χ4v) is 4.17. The second kappa shape index (κ2) is 18.8. The molecule has 0 saturated carbocycles. The molecule has 1 rings (SSSR count). The number of hydrogen-bond acceptors (Lipinski definition) is 2. The van der Waals surface area contributed by atoms with E-state index in [9.17, 15) is 0 Å². The summed E-state index contributed by atoms with van der Waals surface area (Å²) < 4.78 is 0. The Hall–Kier alpha value is -0.530. The molecule has 1 atom stereocenters. The molecule has 0 amide bonds. The summed E-state index contributed by atoms with van der Waals surface area (Å²) in [4.78, 5) is 4.75. The number of nitrogens with one attached hydrogen (secondary N) is 1. The first-order chi connectivity index (χ1) is 13.4. The van der Waals surface area contributed by atoms with Gasteiger partial charge < -0.3 is 5.32 Å². The van der Waals surface area contributed by atoms with Gasteiger partial charge >= 0.3 is 0 Å². The Labute approximate surface area is 171 Å². The molecule has 0 bridgehead atoms. The summed E-state index contributed by atoms with van der Waals surface area (Å²) in [5.41, 5.74) is 0. The van der Waals surface area contributed by atoms with Crippen LogP contribution in [0, 0.1) is 0 Å². The van der Waals surface area contributed by atoms with E-state index in [0.717, 1.165) is 6.54 Å². The Bertz CT molecular complexity index is 337. The van der Waals surface area contributed by atoms with E-state index in [2.05, 4.69) is 19.2 Å². The van der Waals surface area contributed by atoms with Crippen LogP contribution in [-0.4, -0.2) is 18.4 Å². The third kappa shape index (κ3) is 15.1. The molecule has 1 unspecified atom stereocenters. The normalized spacial score (nSPS) is 16.5. The third-order valence-electron chi connectivity index (χ3n) is 6.05. The monoisotopic (exact) mass is 378 g/mol. The van der Waals surface area contributed by atoms with Crippen molar-refractivity contribution in [3.8, 4) is 0 Å². The largest absolute Gasteiger partial charge is 0.369 e. The maximum Gasteiger partial charge on any atom is 0.0966 e. The minimum atomic E-state index is 0.642. The SMILES string of the molecule is CCCCCCCCCCCC1=NCC(CCCCCCCCCCC)N1. The first kappa shape index (κ1) is 24.5. The molecule has 1 aliphatic rings. The van der Waals surface area contributed by atoms with E-state index in [4.69, 9.17) is 4.99 Å². The van der Waals surface area contributed by atoms with Crippen molar-refractivity contribution in [1.82, 2.24) is 5.32 Å². The van der Waals surface area contributed by atoms with Crippen molar-refractivity contribution < 1.29 is 0 Å². The lowest BCUT2D eigenvalue weighted by Gasteiger charge is -2.11. The predicted molar refractivity (Wildman–Crippen MR) is 123 cm³/mol. The highest BCUT2D eigenvalue weighted by Crippen LogP contribution is 2.15. The molecule has 2 heteroatoms. The van der Waals surface area contributed by atoms with Crippen LogP contribution in [0.5, 0.6) is 0 Å². The highest BCUT2D eigenvalue weighted by molar-refractivity contribution is 5.83. The van der Waals surface area contributed by atoms with Crippen LogP contribution in [0.1, 0.15) is 142 Å². The molecule has 0 saturated heterocycles. The van der Waals surface area contributed by atoms with Gasteiger partial charge in [0.15, 0.2) is 0 Å². The Balaban J connectivity index is 1.82. The van der Waals surface area contributed by atoms with E-state index < -0.39 is 0 Å². The van der Waals surface area contributed by atoms with Crippen LogP contribution in [0.15, 0.2) is 4.99 Å². The van der Waals surface area contributed by atoms with Crippen molar-refractivity contribution in [1.29, 1.82) is 0 Å². The number of amidine groups is 1. The maximum absolute atomic E-state index is 4.75. The Kier molecular flexibility index (Phi) is 17.1. The van der Waals surface area contributed by atoms with Crippen molar-refractivity contribution in [2.75, 3.05) is 6.54 Å². The van der Waals surface area contributed by atoms with Gasteiger partial charge in [-0.25, -0.2) is 0 Å². The van der Waals surface area contributed by atoms with Gasteiger partial charge in [0.2, 0.25) is 0 Å². The van der Waals surface area contributed by atoms with Crippen LogP contribution in [0.3, 0.4) is 0 Å². The van der Waals surface area contributed by atoms with Gasteiger partial charge in [-0.2, -0.15) is 0 Å². The summed E-state index contributed by atoms with van der Waals surface area (Å²) in [5, 5.41) is 3.69. The second-order valence-corrected chi connectivity index (χ2v) is 8.82. The molecule has 0 aromatic carbocycles. The first-order valence-electron chi connectivity index (χ1n) is 12.7. The Morgan fingerprint density at radius 2 is 1.07 bits per heavy atom. The van der Waals surface area contributed by atoms with Gasteiger partial charge in [-0.1, -0.05) is 123 Å². The molecule has 160 valence electrons. The van der Waals surface area contributed by atoms with Crippen molar-refractivity contribution in [2.45, 2.75) is 148 Å². The molecule has 0 aliphatic carbocycles. The first-order valence-corrected chi connectivity index (χ1v) is 12.7. The van der Waals surface area contributed by atoms with Gasteiger partial charge in [0.1, 0.15) is 0 Å². The molecule has 1 N–H and O–H groups in total. The lowest BCUT2D eigenvalue weighted by Crippen LogP contribution is -2.29. The van der Waals surface area contributed by atoms with Crippen LogP contribution < -0.4 is 5.32 Å². The number of aliphatic imine (C=N–C) groups is 1. The lowest BCUT2D eigenvalue weighted by molar-refractivity contribution is 0.517. The summed E-state index contributed by atoms with van der Waals surface area (Å²) in [6.45, 7) is 5.62. The van der Waals surface area contributed by atoms with Gasteiger partial charge in [-0.15, -0.1) is 0 Å². The van der Waals surface area contributed by atoms with E-state index in [1.54, 1.807) is 0 Å². The predicted octanol–water partition coefficient (Wildman–Crippen LogP) is 8.20. The standard InChI is InChI=1S/C25H50N2/c1-3-5-7-9-11-13-15-17-19-21-24-23-26-25(27-24)22-20-18-16-14-12-10-8-6-4-2/h24H,3-23H2,1-2H3,(H,26,27). The van der Waals surface area contributed by atoms with Gasteiger partial charge in [-0.05, 0) is 12.8 Å². The molecule has 1 heterocycles. The van der Waals surface area contributed by atoms with Gasteiger partial charge in [0, 0.05) is 12.5 Å². The van der Waals surface area contributed by atoms with E-state index in [0.29, 0.717) is 6.04 Å². The zero-order valence-electron chi connectivity index (χ0n) is 18.9. The van der Waals surface area contributed by atoms with Gasteiger partial charge in [0.25, 0.3) is 0 Å². The highest BCUT2D eigenvalue weighted by Gasteiger charge is 2.16. The molecular weight excluding hydrogens is 328 g/mol. The second-order valence-electron chi connectivity index (χ2n) is 8.82. The maximum atomic E-state index is 4.75. The third-order valence-corrected chi connectivity index (χ3v) is 6.05. The van der Waals surface area contributed by atoms with Crippen molar-refractivity contribution >= 4 is 5.84 Å². The Morgan fingerprint density at radius 3 is 1.59 bits per heavy atom. The topological polar surface area (TPSA) is 24.4 Å². The molecule has 1 aliphatic heterocycles. The number of nitrogens with zero attached hydrogens (tertiary/aromatic N) is 1. The molecule has 0 radical (unpaired) electrons. The molecule has 0 spiro atoms. The zero-order chi connectivity index (χ0) is 19.4. The average Bonchev–Trinajstić information content (AvgIpc) is 3.13. The smallest absolute Gasteiger partial charge is 0.0966 e. The van der Waals surface area contributed by atoms with E-state index in [-0.39, 0.29) is 0 Å². The fourth-order valence-electron chi connectivity index (χ4n) is 4.17. The number of rotatable bonds is 20.